The zero-order valence-corrected chi connectivity index (χ0v) is 18.9. The number of nitrogens with zero attached hydrogens (tertiary/aromatic N) is 3. The summed E-state index contributed by atoms with van der Waals surface area (Å²) < 4.78 is 42.3. The van der Waals surface area contributed by atoms with Crippen molar-refractivity contribution in [2.24, 2.45) is 0 Å². The number of halogens is 3. The number of rotatable bonds is 7. The van der Waals surface area contributed by atoms with Crippen molar-refractivity contribution in [3.05, 3.63) is 90.8 Å². The molecule has 1 atom stereocenters. The Morgan fingerprint density at radius 1 is 1.00 bits per heavy atom. The van der Waals surface area contributed by atoms with E-state index in [4.69, 9.17) is 12.2 Å². The summed E-state index contributed by atoms with van der Waals surface area (Å²) in [5.74, 6) is 0.128. The largest absolute Gasteiger partial charge is 0.573 e. The van der Waals surface area contributed by atoms with Gasteiger partial charge in [0, 0.05) is 11.3 Å². The third kappa shape index (κ3) is 6.55. The van der Waals surface area contributed by atoms with Crippen LogP contribution in [-0.4, -0.2) is 38.0 Å². The van der Waals surface area contributed by atoms with Crippen LogP contribution in [0.25, 0.3) is 17.1 Å². The summed E-state index contributed by atoms with van der Waals surface area (Å²) in [6, 6.07) is 21.7. The standard InChI is InChI=1S/C24H20F3N5O2S/c25-24(26,27)34-20-12-10-19(11-13-20)32-15-28-22(31-32)17-6-8-18(9-7-17)29-23(35)30-21(14-33)16-4-2-1-3-5-16/h1-13,15,21,33H,14H2,(H2,29,30,35). The Morgan fingerprint density at radius 3 is 2.31 bits per heavy atom. The maximum absolute atomic E-state index is 12.3. The van der Waals surface area contributed by atoms with Gasteiger partial charge >= 0.3 is 6.36 Å². The number of alkyl halides is 3. The van der Waals surface area contributed by atoms with E-state index in [1.54, 1.807) is 0 Å². The van der Waals surface area contributed by atoms with Gasteiger partial charge in [-0.1, -0.05) is 30.3 Å². The molecule has 3 aromatic carbocycles. The van der Waals surface area contributed by atoms with Crippen molar-refractivity contribution in [3.8, 4) is 22.8 Å². The first kappa shape index (κ1) is 24.2. The molecule has 4 rings (SSSR count). The number of ether oxygens (including phenoxy) is 1. The van der Waals surface area contributed by atoms with Gasteiger partial charge in [0.05, 0.1) is 18.3 Å². The highest BCUT2D eigenvalue weighted by Crippen LogP contribution is 2.24. The molecule has 0 aliphatic heterocycles. The van der Waals surface area contributed by atoms with E-state index in [1.807, 2.05) is 54.6 Å². The van der Waals surface area contributed by atoms with E-state index in [9.17, 15) is 18.3 Å². The summed E-state index contributed by atoms with van der Waals surface area (Å²) in [5, 5.41) is 20.6. The first-order chi connectivity index (χ1) is 16.8. The van der Waals surface area contributed by atoms with E-state index in [2.05, 4.69) is 25.5 Å². The average molecular weight is 500 g/mol. The number of nitrogens with one attached hydrogen (secondary N) is 2. The van der Waals surface area contributed by atoms with Crippen LogP contribution in [0.15, 0.2) is 85.2 Å². The molecule has 0 aliphatic rings. The molecule has 1 aromatic heterocycles. The van der Waals surface area contributed by atoms with Crippen LogP contribution in [0.4, 0.5) is 18.9 Å². The second kappa shape index (κ2) is 10.5. The molecule has 1 unspecified atom stereocenters. The predicted octanol–water partition coefficient (Wildman–Crippen LogP) is 4.85. The fourth-order valence-electron chi connectivity index (χ4n) is 3.27. The molecule has 0 amide bonds. The Morgan fingerprint density at radius 2 is 1.69 bits per heavy atom. The van der Waals surface area contributed by atoms with Gasteiger partial charge in [-0.3, -0.25) is 0 Å². The summed E-state index contributed by atoms with van der Waals surface area (Å²) in [5.41, 5.74) is 2.92. The first-order valence-corrected chi connectivity index (χ1v) is 10.8. The van der Waals surface area contributed by atoms with Crippen LogP contribution in [-0.2, 0) is 0 Å². The van der Waals surface area contributed by atoms with Crippen molar-refractivity contribution in [3.63, 3.8) is 0 Å². The van der Waals surface area contributed by atoms with E-state index in [0.29, 0.717) is 16.6 Å². The number of hydrogen-bond donors (Lipinski definition) is 3. The second-order valence-corrected chi connectivity index (χ2v) is 7.78. The quantitative estimate of drug-likeness (QED) is 0.314. The molecule has 0 saturated carbocycles. The number of anilines is 1. The van der Waals surface area contributed by atoms with Gasteiger partial charge in [0.25, 0.3) is 0 Å². The van der Waals surface area contributed by atoms with Crippen molar-refractivity contribution in [2.75, 3.05) is 11.9 Å². The Kier molecular flexibility index (Phi) is 7.28. The molecule has 0 aliphatic carbocycles. The van der Waals surface area contributed by atoms with E-state index >= 15 is 0 Å². The van der Waals surface area contributed by atoms with E-state index in [1.165, 1.54) is 35.3 Å². The monoisotopic (exact) mass is 499 g/mol. The van der Waals surface area contributed by atoms with Crippen LogP contribution in [0.1, 0.15) is 11.6 Å². The lowest BCUT2D eigenvalue weighted by atomic mass is 10.1. The fourth-order valence-corrected chi connectivity index (χ4v) is 3.53. The van der Waals surface area contributed by atoms with Crippen molar-refractivity contribution in [2.45, 2.75) is 12.4 Å². The van der Waals surface area contributed by atoms with Gasteiger partial charge in [-0.2, -0.15) is 0 Å². The van der Waals surface area contributed by atoms with E-state index in [0.717, 1.165) is 16.8 Å². The summed E-state index contributed by atoms with van der Waals surface area (Å²) in [6.45, 7) is -0.114. The predicted molar refractivity (Wildman–Crippen MR) is 129 cm³/mol. The summed E-state index contributed by atoms with van der Waals surface area (Å²) in [7, 11) is 0. The number of thiocarbonyl (C=S) groups is 1. The molecule has 180 valence electrons. The maximum atomic E-state index is 12.3. The molecule has 3 N–H and O–H groups in total. The number of benzene rings is 3. The molecule has 0 saturated heterocycles. The molecule has 7 nitrogen and oxygen atoms in total. The van der Waals surface area contributed by atoms with Crippen LogP contribution >= 0.6 is 12.2 Å². The Hall–Kier alpha value is -3.96. The van der Waals surface area contributed by atoms with Crippen molar-refractivity contribution >= 4 is 23.0 Å². The molecule has 1 heterocycles. The minimum absolute atomic E-state index is 0.114. The molecule has 4 aromatic rings. The number of hydrogen-bond acceptors (Lipinski definition) is 5. The third-order valence-corrected chi connectivity index (χ3v) is 5.14. The van der Waals surface area contributed by atoms with Gasteiger partial charge < -0.3 is 20.5 Å². The highest BCUT2D eigenvalue weighted by atomic mass is 32.1. The highest BCUT2D eigenvalue weighted by molar-refractivity contribution is 7.80. The van der Waals surface area contributed by atoms with Gasteiger partial charge in [0.2, 0.25) is 0 Å². The van der Waals surface area contributed by atoms with Crippen molar-refractivity contribution in [1.29, 1.82) is 0 Å². The zero-order chi connectivity index (χ0) is 24.8. The van der Waals surface area contributed by atoms with Gasteiger partial charge in [-0.05, 0) is 66.3 Å². The topological polar surface area (TPSA) is 84.2 Å². The summed E-state index contributed by atoms with van der Waals surface area (Å²) >= 11 is 5.37. The third-order valence-electron chi connectivity index (χ3n) is 4.92. The van der Waals surface area contributed by atoms with E-state index in [-0.39, 0.29) is 18.4 Å². The average Bonchev–Trinajstić information content (AvgIpc) is 3.33. The Balaban J connectivity index is 1.38. The summed E-state index contributed by atoms with van der Waals surface area (Å²) in [4.78, 5) is 4.27. The Bertz CT molecular complexity index is 1260. The van der Waals surface area contributed by atoms with Crippen LogP contribution in [0.2, 0.25) is 0 Å². The number of aliphatic hydroxyl groups is 1. The summed E-state index contributed by atoms with van der Waals surface area (Å²) in [6.07, 6.45) is -3.27. The van der Waals surface area contributed by atoms with Crippen LogP contribution in [0, 0.1) is 0 Å². The molecule has 0 fully saturated rings. The number of aromatic nitrogens is 3. The minimum atomic E-state index is -4.74. The minimum Gasteiger partial charge on any atom is -0.406 e. The van der Waals surface area contributed by atoms with Crippen LogP contribution < -0.4 is 15.4 Å². The molecule has 0 spiro atoms. The Labute approximate surface area is 204 Å². The van der Waals surface area contributed by atoms with Gasteiger partial charge in [0.15, 0.2) is 10.9 Å². The smallest absolute Gasteiger partial charge is 0.406 e. The van der Waals surface area contributed by atoms with E-state index < -0.39 is 6.36 Å². The molecule has 0 radical (unpaired) electrons. The SMILES string of the molecule is OCC(NC(=S)Nc1ccc(-c2ncn(-c3ccc(OC(F)(F)F)cc3)n2)cc1)c1ccccc1. The lowest BCUT2D eigenvalue weighted by molar-refractivity contribution is -0.274. The lowest BCUT2D eigenvalue weighted by Crippen LogP contribution is -2.34. The normalized spacial score (nSPS) is 12.1. The van der Waals surface area contributed by atoms with Crippen molar-refractivity contribution < 1.29 is 23.0 Å². The van der Waals surface area contributed by atoms with Crippen LogP contribution in [0.3, 0.4) is 0 Å². The first-order valence-electron chi connectivity index (χ1n) is 10.4. The zero-order valence-electron chi connectivity index (χ0n) is 18.1. The van der Waals surface area contributed by atoms with Gasteiger partial charge in [0.1, 0.15) is 12.1 Å². The molecule has 11 heteroatoms. The maximum Gasteiger partial charge on any atom is 0.573 e. The lowest BCUT2D eigenvalue weighted by Gasteiger charge is -2.19. The molecular weight excluding hydrogens is 479 g/mol. The van der Waals surface area contributed by atoms with Crippen molar-refractivity contribution in [1.82, 2.24) is 20.1 Å². The number of aliphatic hydroxyl groups excluding tert-OH is 1. The van der Waals surface area contributed by atoms with Crippen LogP contribution in [0.5, 0.6) is 5.75 Å². The second-order valence-electron chi connectivity index (χ2n) is 7.38. The van der Waals surface area contributed by atoms with Gasteiger partial charge in [-0.25, -0.2) is 9.67 Å². The fraction of sp³-hybridized carbons (Fsp3) is 0.125. The highest BCUT2D eigenvalue weighted by Gasteiger charge is 2.31. The molecule has 0 bridgehead atoms. The molecule has 35 heavy (non-hydrogen) atoms. The molecular formula is C24H20F3N5O2S. The van der Waals surface area contributed by atoms with Gasteiger partial charge in [-0.15, -0.1) is 18.3 Å².